The second kappa shape index (κ2) is 6.13. The molecule has 2 aromatic rings. The number of aromatic nitrogens is 2. The number of hydrogen-bond donors (Lipinski definition) is 0. The van der Waals surface area contributed by atoms with Crippen molar-refractivity contribution in [1.82, 2.24) is 9.78 Å². The number of rotatable bonds is 5. The fourth-order valence-electron chi connectivity index (χ4n) is 1.87. The summed E-state index contributed by atoms with van der Waals surface area (Å²) in [5.41, 5.74) is 1.69. The van der Waals surface area contributed by atoms with Gasteiger partial charge in [-0.3, -0.25) is 14.8 Å². The Morgan fingerprint density at radius 2 is 2.14 bits per heavy atom. The summed E-state index contributed by atoms with van der Waals surface area (Å²) in [6.07, 6.45) is 0. The van der Waals surface area contributed by atoms with Gasteiger partial charge in [0.2, 0.25) is 0 Å². The molecule has 0 saturated heterocycles. The second-order valence-electron chi connectivity index (χ2n) is 4.35. The molecule has 7 nitrogen and oxygen atoms in total. The first kappa shape index (κ1) is 15.3. The highest BCUT2D eigenvalue weighted by atomic mass is 79.9. The first-order chi connectivity index (χ1) is 9.93. The zero-order valence-corrected chi connectivity index (χ0v) is 13.4. The van der Waals surface area contributed by atoms with Gasteiger partial charge in [0.25, 0.3) is 5.69 Å². The highest BCUT2D eigenvalue weighted by Crippen LogP contribution is 2.32. The predicted octanol–water partition coefficient (Wildman–Crippen LogP) is 2.99. The number of aryl methyl sites for hydroxylation is 2. The van der Waals surface area contributed by atoms with Crippen LogP contribution in [0.3, 0.4) is 0 Å². The van der Waals surface area contributed by atoms with E-state index < -0.39 is 4.92 Å². The van der Waals surface area contributed by atoms with Crippen molar-refractivity contribution in [2.45, 2.75) is 13.5 Å². The van der Waals surface area contributed by atoms with Gasteiger partial charge in [0.1, 0.15) is 6.61 Å². The number of non-ortho nitro benzene ring substituents is 1. The van der Waals surface area contributed by atoms with Crippen LogP contribution < -0.4 is 9.47 Å². The van der Waals surface area contributed by atoms with E-state index in [-0.39, 0.29) is 12.3 Å². The molecule has 8 heteroatoms. The maximum atomic E-state index is 10.7. The molecule has 2 rings (SSSR count). The molecule has 0 atom stereocenters. The van der Waals surface area contributed by atoms with Crippen molar-refractivity contribution in [2.24, 2.45) is 7.05 Å². The Kier molecular flexibility index (Phi) is 4.46. The molecule has 1 aromatic heterocycles. The van der Waals surface area contributed by atoms with Gasteiger partial charge in [-0.15, -0.1) is 0 Å². The Balaban J connectivity index is 2.22. The number of nitrogens with zero attached hydrogens (tertiary/aromatic N) is 3. The largest absolute Gasteiger partial charge is 0.493 e. The minimum Gasteiger partial charge on any atom is -0.493 e. The van der Waals surface area contributed by atoms with Gasteiger partial charge < -0.3 is 9.47 Å². The fourth-order valence-corrected chi connectivity index (χ4v) is 2.32. The van der Waals surface area contributed by atoms with Crippen molar-refractivity contribution < 1.29 is 14.4 Å². The van der Waals surface area contributed by atoms with Crippen LogP contribution in [0.15, 0.2) is 22.7 Å². The highest BCUT2D eigenvalue weighted by molar-refractivity contribution is 9.10. The van der Waals surface area contributed by atoms with Crippen molar-refractivity contribution in [2.75, 3.05) is 7.11 Å². The third-order valence-corrected chi connectivity index (χ3v) is 4.02. The summed E-state index contributed by atoms with van der Waals surface area (Å²) in [7, 11) is 3.26. The van der Waals surface area contributed by atoms with E-state index in [2.05, 4.69) is 21.0 Å². The van der Waals surface area contributed by atoms with E-state index in [4.69, 9.17) is 9.47 Å². The summed E-state index contributed by atoms with van der Waals surface area (Å²) in [5.74, 6) is 0.757. The minimum absolute atomic E-state index is 0.0447. The molecule has 0 saturated carbocycles. The summed E-state index contributed by atoms with van der Waals surface area (Å²) in [6.45, 7) is 2.16. The van der Waals surface area contributed by atoms with Gasteiger partial charge in [-0.05, 0) is 28.9 Å². The van der Waals surface area contributed by atoms with E-state index >= 15 is 0 Å². The molecular formula is C13H14BrN3O4. The van der Waals surface area contributed by atoms with E-state index in [0.29, 0.717) is 11.5 Å². The van der Waals surface area contributed by atoms with Crippen LogP contribution in [0, 0.1) is 17.0 Å². The topological polar surface area (TPSA) is 79.4 Å². The molecule has 0 unspecified atom stereocenters. The molecule has 0 bridgehead atoms. The van der Waals surface area contributed by atoms with E-state index in [1.807, 2.05) is 14.0 Å². The first-order valence-electron chi connectivity index (χ1n) is 6.07. The zero-order chi connectivity index (χ0) is 15.6. The van der Waals surface area contributed by atoms with Crippen molar-refractivity contribution >= 4 is 21.6 Å². The lowest BCUT2D eigenvalue weighted by atomic mass is 10.3. The predicted molar refractivity (Wildman–Crippen MR) is 79.6 cm³/mol. The number of ether oxygens (including phenoxy) is 2. The summed E-state index contributed by atoms with van der Waals surface area (Å²) >= 11 is 3.46. The maximum Gasteiger partial charge on any atom is 0.273 e. The normalized spacial score (nSPS) is 10.5. The van der Waals surface area contributed by atoms with Crippen molar-refractivity contribution in [3.8, 4) is 11.5 Å². The lowest BCUT2D eigenvalue weighted by Crippen LogP contribution is -2.04. The molecule has 0 amide bonds. The Bertz CT molecular complexity index is 684. The molecule has 1 heterocycles. The lowest BCUT2D eigenvalue weighted by Gasteiger charge is -2.10. The average Bonchev–Trinajstić information content (AvgIpc) is 2.70. The molecule has 0 N–H and O–H groups in total. The summed E-state index contributed by atoms with van der Waals surface area (Å²) in [5, 5.41) is 15.0. The Morgan fingerprint density at radius 1 is 1.43 bits per heavy atom. The van der Waals surface area contributed by atoms with Gasteiger partial charge in [0.15, 0.2) is 11.5 Å². The number of hydrogen-bond acceptors (Lipinski definition) is 5. The molecule has 0 radical (unpaired) electrons. The molecule has 21 heavy (non-hydrogen) atoms. The Hall–Kier alpha value is -2.09. The molecular weight excluding hydrogens is 342 g/mol. The van der Waals surface area contributed by atoms with Crippen molar-refractivity contribution in [3.63, 3.8) is 0 Å². The number of halogens is 1. The maximum absolute atomic E-state index is 10.7. The molecule has 0 aliphatic carbocycles. The van der Waals surface area contributed by atoms with Gasteiger partial charge in [-0.1, -0.05) is 0 Å². The second-order valence-corrected chi connectivity index (χ2v) is 5.14. The quantitative estimate of drug-likeness (QED) is 0.608. The zero-order valence-electron chi connectivity index (χ0n) is 11.8. The van der Waals surface area contributed by atoms with Gasteiger partial charge in [0, 0.05) is 13.1 Å². The Labute approximate surface area is 129 Å². The van der Waals surface area contributed by atoms with Crippen LogP contribution >= 0.6 is 15.9 Å². The summed E-state index contributed by atoms with van der Waals surface area (Å²) in [6, 6.07) is 4.23. The van der Waals surface area contributed by atoms with Gasteiger partial charge in [0.05, 0.1) is 34.0 Å². The van der Waals surface area contributed by atoms with Crippen LogP contribution in [0.2, 0.25) is 0 Å². The SMILES string of the molecule is COc1cc([N+](=O)[O-])ccc1OCc1c(Br)c(C)nn1C. The van der Waals surface area contributed by atoms with Crippen molar-refractivity contribution in [3.05, 3.63) is 44.2 Å². The fraction of sp³-hybridized carbons (Fsp3) is 0.308. The van der Waals surface area contributed by atoms with E-state index in [9.17, 15) is 10.1 Å². The van der Waals surface area contributed by atoms with E-state index in [1.165, 1.54) is 25.3 Å². The van der Waals surface area contributed by atoms with Crippen LogP contribution in [0.25, 0.3) is 0 Å². The molecule has 0 spiro atoms. The first-order valence-corrected chi connectivity index (χ1v) is 6.86. The summed E-state index contributed by atoms with van der Waals surface area (Å²) in [4.78, 5) is 10.3. The van der Waals surface area contributed by atoms with E-state index in [1.54, 1.807) is 4.68 Å². The van der Waals surface area contributed by atoms with Gasteiger partial charge in [-0.2, -0.15) is 5.10 Å². The molecule has 1 aromatic carbocycles. The van der Waals surface area contributed by atoms with Crippen molar-refractivity contribution in [1.29, 1.82) is 0 Å². The van der Waals surface area contributed by atoms with Crippen LogP contribution in [0.5, 0.6) is 11.5 Å². The standard InChI is InChI=1S/C13H14BrN3O4/c1-8-13(14)10(16(2)15-8)7-21-11-5-4-9(17(18)19)6-12(11)20-3/h4-6H,7H2,1-3H3. The average molecular weight is 356 g/mol. The number of nitro benzene ring substituents is 1. The van der Waals surface area contributed by atoms with Crippen LogP contribution in [-0.4, -0.2) is 21.8 Å². The van der Waals surface area contributed by atoms with Crippen LogP contribution in [0.4, 0.5) is 5.69 Å². The third kappa shape index (κ3) is 3.15. The molecule has 0 fully saturated rings. The Morgan fingerprint density at radius 3 is 2.67 bits per heavy atom. The number of nitro groups is 1. The summed E-state index contributed by atoms with van der Waals surface area (Å²) < 4.78 is 13.4. The smallest absolute Gasteiger partial charge is 0.273 e. The van der Waals surface area contributed by atoms with Crippen LogP contribution in [-0.2, 0) is 13.7 Å². The van der Waals surface area contributed by atoms with Crippen LogP contribution in [0.1, 0.15) is 11.4 Å². The lowest BCUT2D eigenvalue weighted by molar-refractivity contribution is -0.385. The van der Waals surface area contributed by atoms with Gasteiger partial charge in [-0.25, -0.2) is 0 Å². The molecule has 0 aliphatic heterocycles. The van der Waals surface area contributed by atoms with Gasteiger partial charge >= 0.3 is 0 Å². The number of benzene rings is 1. The van der Waals surface area contributed by atoms with E-state index in [0.717, 1.165) is 15.9 Å². The molecule has 112 valence electrons. The minimum atomic E-state index is -0.479. The third-order valence-electron chi connectivity index (χ3n) is 2.98. The number of methoxy groups -OCH3 is 1. The monoisotopic (exact) mass is 355 g/mol. The molecule has 0 aliphatic rings. The highest BCUT2D eigenvalue weighted by Gasteiger charge is 2.15.